The van der Waals surface area contributed by atoms with E-state index in [9.17, 15) is 9.59 Å². The SMILES string of the molecule is COc1cccc(C(=O)N2CCC(C(=O)NCCc3c(C)[nH]c4ccccc34)CC2)c1. The van der Waals surface area contributed by atoms with Crippen molar-refractivity contribution in [1.29, 1.82) is 0 Å². The van der Waals surface area contributed by atoms with Crippen molar-refractivity contribution < 1.29 is 14.3 Å². The number of amides is 2. The average Bonchev–Trinajstić information content (AvgIpc) is 3.13. The van der Waals surface area contributed by atoms with Gasteiger partial charge in [-0.15, -0.1) is 0 Å². The largest absolute Gasteiger partial charge is 0.497 e. The predicted molar refractivity (Wildman–Crippen MR) is 121 cm³/mol. The fourth-order valence-electron chi connectivity index (χ4n) is 4.40. The number of H-pyrrole nitrogens is 1. The Labute approximate surface area is 182 Å². The van der Waals surface area contributed by atoms with Crippen LogP contribution in [-0.2, 0) is 11.2 Å². The number of rotatable bonds is 6. The molecule has 1 aliphatic heterocycles. The Bertz CT molecular complexity index is 1080. The maximum Gasteiger partial charge on any atom is 0.253 e. The number of benzene rings is 2. The Kier molecular flexibility index (Phi) is 6.26. The van der Waals surface area contributed by atoms with Crippen LogP contribution in [-0.4, -0.2) is 48.4 Å². The molecule has 0 aliphatic carbocycles. The molecule has 0 radical (unpaired) electrons. The second-order valence-corrected chi connectivity index (χ2v) is 8.11. The minimum atomic E-state index is -0.0431. The Balaban J connectivity index is 1.27. The number of hydrogen-bond acceptors (Lipinski definition) is 3. The third-order valence-electron chi connectivity index (χ3n) is 6.17. The number of methoxy groups -OCH3 is 1. The normalized spacial score (nSPS) is 14.6. The maximum atomic E-state index is 12.8. The molecule has 0 spiro atoms. The summed E-state index contributed by atoms with van der Waals surface area (Å²) in [6.07, 6.45) is 2.18. The number of carbonyl (C=O) groups is 2. The summed E-state index contributed by atoms with van der Waals surface area (Å²) in [5, 5.41) is 4.32. The molecule has 1 fully saturated rings. The second-order valence-electron chi connectivity index (χ2n) is 8.11. The van der Waals surface area contributed by atoms with Crippen molar-refractivity contribution in [3.05, 3.63) is 65.4 Å². The van der Waals surface area contributed by atoms with E-state index in [0.717, 1.165) is 17.6 Å². The number of piperidine rings is 1. The summed E-state index contributed by atoms with van der Waals surface area (Å²) in [4.78, 5) is 30.7. The standard InChI is InChI=1S/C25H29N3O3/c1-17-21(22-8-3-4-9-23(22)27-17)10-13-26-24(29)18-11-14-28(15-12-18)25(30)19-6-5-7-20(16-19)31-2/h3-9,16,18,27H,10-15H2,1-2H3,(H,26,29). The van der Waals surface area contributed by atoms with Crippen LogP contribution >= 0.6 is 0 Å². The Hall–Kier alpha value is -3.28. The van der Waals surface area contributed by atoms with Gasteiger partial charge in [0, 0.05) is 47.7 Å². The van der Waals surface area contributed by atoms with Crippen molar-refractivity contribution in [2.45, 2.75) is 26.2 Å². The van der Waals surface area contributed by atoms with Crippen LogP contribution in [0.4, 0.5) is 0 Å². The lowest BCUT2D eigenvalue weighted by atomic mass is 9.95. The number of likely N-dealkylation sites (tertiary alicyclic amines) is 1. The van der Waals surface area contributed by atoms with Gasteiger partial charge in [0.15, 0.2) is 0 Å². The van der Waals surface area contributed by atoms with Gasteiger partial charge in [0.25, 0.3) is 5.91 Å². The van der Waals surface area contributed by atoms with E-state index in [-0.39, 0.29) is 17.7 Å². The van der Waals surface area contributed by atoms with Gasteiger partial charge in [0.1, 0.15) is 5.75 Å². The highest BCUT2D eigenvalue weighted by Crippen LogP contribution is 2.23. The highest BCUT2D eigenvalue weighted by atomic mass is 16.5. The lowest BCUT2D eigenvalue weighted by Crippen LogP contribution is -2.43. The van der Waals surface area contributed by atoms with Crippen molar-refractivity contribution >= 4 is 22.7 Å². The summed E-state index contributed by atoms with van der Waals surface area (Å²) in [6.45, 7) is 3.88. The van der Waals surface area contributed by atoms with Gasteiger partial charge in [-0.3, -0.25) is 9.59 Å². The molecule has 2 aromatic carbocycles. The van der Waals surface area contributed by atoms with Crippen LogP contribution in [0, 0.1) is 12.8 Å². The van der Waals surface area contributed by atoms with Gasteiger partial charge in [-0.1, -0.05) is 24.3 Å². The summed E-state index contributed by atoms with van der Waals surface area (Å²) in [5.74, 6) is 0.711. The Morgan fingerprint density at radius 2 is 1.90 bits per heavy atom. The first-order chi connectivity index (χ1) is 15.1. The van der Waals surface area contributed by atoms with Gasteiger partial charge >= 0.3 is 0 Å². The number of nitrogens with zero attached hydrogens (tertiary/aromatic N) is 1. The highest BCUT2D eigenvalue weighted by Gasteiger charge is 2.27. The van der Waals surface area contributed by atoms with Crippen LogP contribution in [0.15, 0.2) is 48.5 Å². The number of nitrogens with one attached hydrogen (secondary N) is 2. The third kappa shape index (κ3) is 4.58. The molecule has 4 rings (SSSR count). The molecule has 2 N–H and O–H groups in total. The zero-order chi connectivity index (χ0) is 21.8. The minimum Gasteiger partial charge on any atom is -0.497 e. The molecule has 3 aromatic rings. The molecule has 0 bridgehead atoms. The van der Waals surface area contributed by atoms with E-state index in [1.165, 1.54) is 10.9 Å². The lowest BCUT2D eigenvalue weighted by Gasteiger charge is -2.31. The molecule has 6 heteroatoms. The molecular formula is C25H29N3O3. The molecule has 2 heterocycles. The van der Waals surface area contributed by atoms with Crippen LogP contribution < -0.4 is 10.1 Å². The van der Waals surface area contributed by atoms with Gasteiger partial charge in [-0.2, -0.15) is 0 Å². The summed E-state index contributed by atoms with van der Waals surface area (Å²) in [5.41, 5.74) is 4.17. The van der Waals surface area contributed by atoms with Crippen molar-refractivity contribution in [3.8, 4) is 5.75 Å². The number of para-hydroxylation sites is 1. The van der Waals surface area contributed by atoms with Gasteiger partial charge in [0.05, 0.1) is 7.11 Å². The first kappa shape index (κ1) is 21.0. The summed E-state index contributed by atoms with van der Waals surface area (Å²) in [7, 11) is 1.59. The number of aryl methyl sites for hydroxylation is 1. The van der Waals surface area contributed by atoms with Gasteiger partial charge in [0.2, 0.25) is 5.91 Å². The topological polar surface area (TPSA) is 74.4 Å². The van der Waals surface area contributed by atoms with Crippen molar-refractivity contribution in [3.63, 3.8) is 0 Å². The van der Waals surface area contributed by atoms with E-state index < -0.39 is 0 Å². The summed E-state index contributed by atoms with van der Waals surface area (Å²) >= 11 is 0. The van der Waals surface area contributed by atoms with Crippen molar-refractivity contribution in [2.24, 2.45) is 5.92 Å². The van der Waals surface area contributed by atoms with Gasteiger partial charge < -0.3 is 19.9 Å². The van der Waals surface area contributed by atoms with Gasteiger partial charge in [-0.05, 0) is 56.0 Å². The van der Waals surface area contributed by atoms with E-state index >= 15 is 0 Å². The lowest BCUT2D eigenvalue weighted by molar-refractivity contribution is -0.126. The average molecular weight is 420 g/mol. The molecule has 2 amide bonds. The van der Waals surface area contributed by atoms with Crippen LogP contribution in [0.25, 0.3) is 10.9 Å². The van der Waals surface area contributed by atoms with E-state index in [4.69, 9.17) is 4.74 Å². The molecule has 31 heavy (non-hydrogen) atoms. The Morgan fingerprint density at radius 3 is 2.68 bits per heavy atom. The first-order valence-electron chi connectivity index (χ1n) is 10.8. The molecule has 6 nitrogen and oxygen atoms in total. The molecule has 1 saturated heterocycles. The number of ether oxygens (including phenoxy) is 1. The van der Waals surface area contributed by atoms with Crippen molar-refractivity contribution in [2.75, 3.05) is 26.7 Å². The molecule has 162 valence electrons. The summed E-state index contributed by atoms with van der Waals surface area (Å²) in [6, 6.07) is 15.5. The van der Waals surface area contributed by atoms with Crippen LogP contribution in [0.5, 0.6) is 5.75 Å². The molecular weight excluding hydrogens is 390 g/mol. The molecule has 0 saturated carbocycles. The second kappa shape index (κ2) is 9.25. The highest BCUT2D eigenvalue weighted by molar-refractivity contribution is 5.94. The van der Waals surface area contributed by atoms with E-state index in [2.05, 4.69) is 29.4 Å². The fraction of sp³-hybridized carbons (Fsp3) is 0.360. The van der Waals surface area contributed by atoms with Crippen LogP contribution in [0.1, 0.15) is 34.5 Å². The van der Waals surface area contributed by atoms with Crippen LogP contribution in [0.2, 0.25) is 0 Å². The molecule has 1 aromatic heterocycles. The number of aromatic amines is 1. The van der Waals surface area contributed by atoms with E-state index in [1.54, 1.807) is 19.2 Å². The molecule has 1 aliphatic rings. The molecule has 0 atom stereocenters. The van der Waals surface area contributed by atoms with Crippen molar-refractivity contribution in [1.82, 2.24) is 15.2 Å². The summed E-state index contributed by atoms with van der Waals surface area (Å²) < 4.78 is 5.21. The number of fused-ring (bicyclic) bond motifs is 1. The predicted octanol–water partition coefficient (Wildman–Crippen LogP) is 3.70. The fourth-order valence-corrected chi connectivity index (χ4v) is 4.40. The first-order valence-corrected chi connectivity index (χ1v) is 10.8. The van der Waals surface area contributed by atoms with Crippen LogP contribution in [0.3, 0.4) is 0 Å². The zero-order valence-corrected chi connectivity index (χ0v) is 18.1. The number of hydrogen-bond donors (Lipinski definition) is 2. The van der Waals surface area contributed by atoms with E-state index in [1.807, 2.05) is 29.2 Å². The zero-order valence-electron chi connectivity index (χ0n) is 18.1. The quantitative estimate of drug-likeness (QED) is 0.640. The smallest absolute Gasteiger partial charge is 0.253 e. The third-order valence-corrected chi connectivity index (χ3v) is 6.17. The van der Waals surface area contributed by atoms with E-state index in [0.29, 0.717) is 43.8 Å². The van der Waals surface area contributed by atoms with Gasteiger partial charge in [-0.25, -0.2) is 0 Å². The Morgan fingerprint density at radius 1 is 1.13 bits per heavy atom. The monoisotopic (exact) mass is 419 g/mol. The minimum absolute atomic E-state index is 0.00688. The number of carbonyl (C=O) groups excluding carboxylic acids is 2. The maximum absolute atomic E-state index is 12.8. The number of aromatic nitrogens is 1. The molecule has 0 unspecified atom stereocenters.